The van der Waals surface area contributed by atoms with Crippen molar-refractivity contribution in [2.45, 2.75) is 17.4 Å². The molecule has 0 fully saturated rings. The summed E-state index contributed by atoms with van der Waals surface area (Å²) in [6, 6.07) is 4.44. The average molecular weight is 224 g/mol. The summed E-state index contributed by atoms with van der Waals surface area (Å²) < 4.78 is 2.95. The molecule has 0 spiro atoms. The molecule has 5 nitrogen and oxygen atoms in total. The van der Waals surface area contributed by atoms with Gasteiger partial charge in [-0.1, -0.05) is 0 Å². The highest BCUT2D eigenvalue weighted by molar-refractivity contribution is 7.97. The second kappa shape index (κ2) is 4.00. The molecule has 0 bridgehead atoms. The third-order valence-corrected chi connectivity index (χ3v) is 3.22. The number of carbonyl (C=O) groups excluding carboxylic acids is 1. The number of hydrogen-bond acceptors (Lipinski definition) is 5. The molecule has 1 aromatic carbocycles. The molecule has 1 aliphatic rings. The highest BCUT2D eigenvalue weighted by atomic mass is 32.2. The van der Waals surface area contributed by atoms with Gasteiger partial charge >= 0.3 is 0 Å². The minimum atomic E-state index is -0.428. The highest BCUT2D eigenvalue weighted by Gasteiger charge is 2.20. The average Bonchev–Trinajstić information content (AvgIpc) is 2.27. The van der Waals surface area contributed by atoms with Crippen molar-refractivity contribution < 1.29 is 9.72 Å². The van der Waals surface area contributed by atoms with Crippen LogP contribution in [0.1, 0.15) is 5.56 Å². The first-order valence-electron chi connectivity index (χ1n) is 4.35. The highest BCUT2D eigenvalue weighted by Crippen LogP contribution is 2.29. The number of carbonyl (C=O) groups is 1. The molecule has 1 aliphatic heterocycles. The Morgan fingerprint density at radius 3 is 3.07 bits per heavy atom. The van der Waals surface area contributed by atoms with Gasteiger partial charge in [0.1, 0.15) is 6.29 Å². The summed E-state index contributed by atoms with van der Waals surface area (Å²) in [7, 11) is 0. The lowest BCUT2D eigenvalue weighted by Crippen LogP contribution is -2.30. The second-order valence-electron chi connectivity index (χ2n) is 3.22. The fraction of sp³-hybridized carbons (Fsp3) is 0.222. The Balaban J connectivity index is 2.34. The van der Waals surface area contributed by atoms with Gasteiger partial charge < -0.3 is 4.79 Å². The fourth-order valence-corrected chi connectivity index (χ4v) is 2.26. The van der Waals surface area contributed by atoms with Gasteiger partial charge in [-0.15, -0.1) is 0 Å². The lowest BCUT2D eigenvalue weighted by molar-refractivity contribution is -0.385. The minimum Gasteiger partial charge on any atom is -0.302 e. The third kappa shape index (κ3) is 2.00. The molecular weight excluding hydrogens is 216 g/mol. The summed E-state index contributed by atoms with van der Waals surface area (Å²) in [4.78, 5) is 21.6. The summed E-state index contributed by atoms with van der Waals surface area (Å²) >= 11 is 1.34. The number of nitrogens with zero attached hydrogens (tertiary/aromatic N) is 1. The van der Waals surface area contributed by atoms with Crippen LogP contribution in [0.3, 0.4) is 0 Å². The number of nitro groups is 1. The van der Waals surface area contributed by atoms with Gasteiger partial charge in [-0.25, -0.2) is 4.72 Å². The van der Waals surface area contributed by atoms with Crippen LogP contribution in [0.5, 0.6) is 0 Å². The van der Waals surface area contributed by atoms with E-state index in [9.17, 15) is 14.9 Å². The predicted molar refractivity (Wildman–Crippen MR) is 55.6 cm³/mol. The maximum Gasteiger partial charge on any atom is 0.269 e. The number of nitro benzene ring substituents is 1. The topological polar surface area (TPSA) is 72.2 Å². The van der Waals surface area contributed by atoms with E-state index in [1.165, 1.54) is 24.1 Å². The molecule has 78 valence electrons. The van der Waals surface area contributed by atoms with Crippen LogP contribution >= 0.6 is 11.9 Å². The SMILES string of the molecule is O=CC1Cc2cc([N+](=O)[O-])ccc2SN1. The Morgan fingerprint density at radius 2 is 2.40 bits per heavy atom. The van der Waals surface area contributed by atoms with Gasteiger partial charge in [0.2, 0.25) is 0 Å². The number of non-ortho nitro benzene ring substituents is 1. The molecule has 1 aromatic rings. The van der Waals surface area contributed by atoms with Gasteiger partial charge in [0.25, 0.3) is 5.69 Å². The minimum absolute atomic E-state index is 0.0703. The number of hydrogen-bond donors (Lipinski definition) is 1. The van der Waals surface area contributed by atoms with Crippen LogP contribution in [0.25, 0.3) is 0 Å². The van der Waals surface area contributed by atoms with E-state index >= 15 is 0 Å². The molecule has 0 saturated heterocycles. The first-order chi connectivity index (χ1) is 7.20. The molecule has 0 aliphatic carbocycles. The Labute approximate surface area is 90.1 Å². The molecule has 1 heterocycles. The molecule has 6 heteroatoms. The number of benzene rings is 1. The summed E-state index contributed by atoms with van der Waals surface area (Å²) in [6.45, 7) is 0. The van der Waals surface area contributed by atoms with Gasteiger partial charge in [-0.2, -0.15) is 0 Å². The fourth-order valence-electron chi connectivity index (χ4n) is 1.43. The third-order valence-electron chi connectivity index (χ3n) is 2.18. The largest absolute Gasteiger partial charge is 0.302 e. The van der Waals surface area contributed by atoms with Gasteiger partial charge in [-0.05, 0) is 30.0 Å². The number of rotatable bonds is 2. The van der Waals surface area contributed by atoms with E-state index < -0.39 is 4.92 Å². The van der Waals surface area contributed by atoms with Crippen LogP contribution in [0.15, 0.2) is 23.1 Å². The zero-order valence-electron chi connectivity index (χ0n) is 7.67. The lowest BCUT2D eigenvalue weighted by atomic mass is 10.1. The molecular formula is C9H8N2O3S. The van der Waals surface area contributed by atoms with E-state index in [2.05, 4.69) is 4.72 Å². The molecule has 0 radical (unpaired) electrons. The van der Waals surface area contributed by atoms with E-state index in [0.29, 0.717) is 6.42 Å². The number of fused-ring (bicyclic) bond motifs is 1. The van der Waals surface area contributed by atoms with Crippen LogP contribution < -0.4 is 4.72 Å². The van der Waals surface area contributed by atoms with Crippen molar-refractivity contribution in [2.24, 2.45) is 0 Å². The Kier molecular flexibility index (Phi) is 2.70. The van der Waals surface area contributed by atoms with E-state index in [-0.39, 0.29) is 11.7 Å². The maximum atomic E-state index is 10.6. The number of aldehydes is 1. The zero-order chi connectivity index (χ0) is 10.8. The predicted octanol–water partition coefficient (Wildman–Crippen LogP) is 1.32. The van der Waals surface area contributed by atoms with Gasteiger partial charge in [-0.3, -0.25) is 10.1 Å². The molecule has 0 aromatic heterocycles. The molecule has 2 rings (SSSR count). The van der Waals surface area contributed by atoms with E-state index in [4.69, 9.17) is 0 Å². The molecule has 1 unspecified atom stereocenters. The van der Waals surface area contributed by atoms with Gasteiger partial charge in [0.15, 0.2) is 0 Å². The first-order valence-corrected chi connectivity index (χ1v) is 5.17. The van der Waals surface area contributed by atoms with Crippen molar-refractivity contribution in [3.63, 3.8) is 0 Å². The molecule has 0 saturated carbocycles. The van der Waals surface area contributed by atoms with Crippen LogP contribution in [-0.2, 0) is 11.2 Å². The molecule has 1 N–H and O–H groups in total. The quantitative estimate of drug-likeness (QED) is 0.355. The van der Waals surface area contributed by atoms with Gasteiger partial charge in [0, 0.05) is 17.0 Å². The van der Waals surface area contributed by atoms with Crippen LogP contribution in [0, 0.1) is 10.1 Å². The summed E-state index contributed by atoms with van der Waals surface area (Å²) in [5, 5.41) is 10.6. The smallest absolute Gasteiger partial charge is 0.269 e. The van der Waals surface area contributed by atoms with E-state index in [1.54, 1.807) is 6.07 Å². The van der Waals surface area contributed by atoms with Crippen molar-refractivity contribution in [1.29, 1.82) is 0 Å². The van der Waals surface area contributed by atoms with Crippen molar-refractivity contribution in [3.8, 4) is 0 Å². The van der Waals surface area contributed by atoms with Gasteiger partial charge in [0.05, 0.1) is 11.0 Å². The standard InChI is InChI=1S/C9H8N2O3S/c12-5-7-3-6-4-8(11(13)14)1-2-9(6)15-10-7/h1-2,4-5,7,10H,3H2. The van der Waals surface area contributed by atoms with Crippen molar-refractivity contribution in [1.82, 2.24) is 4.72 Å². The lowest BCUT2D eigenvalue weighted by Gasteiger charge is -2.20. The Morgan fingerprint density at radius 1 is 1.60 bits per heavy atom. The molecule has 0 amide bonds. The summed E-state index contributed by atoms with van der Waals surface area (Å²) in [6.07, 6.45) is 1.32. The van der Waals surface area contributed by atoms with Crippen molar-refractivity contribution in [2.75, 3.05) is 0 Å². The Bertz CT molecular complexity index is 422. The van der Waals surface area contributed by atoms with Crippen molar-refractivity contribution in [3.05, 3.63) is 33.9 Å². The molecule has 1 atom stereocenters. The maximum absolute atomic E-state index is 10.6. The summed E-state index contributed by atoms with van der Waals surface area (Å²) in [5.74, 6) is 0. The van der Waals surface area contributed by atoms with Crippen LogP contribution in [-0.4, -0.2) is 17.3 Å². The zero-order valence-corrected chi connectivity index (χ0v) is 8.49. The molecule has 15 heavy (non-hydrogen) atoms. The monoisotopic (exact) mass is 224 g/mol. The Hall–Kier alpha value is -1.40. The number of nitrogens with one attached hydrogen (secondary N) is 1. The van der Waals surface area contributed by atoms with Crippen LogP contribution in [0.2, 0.25) is 0 Å². The van der Waals surface area contributed by atoms with E-state index in [0.717, 1.165) is 16.7 Å². The first kappa shape index (κ1) is 10.1. The second-order valence-corrected chi connectivity index (χ2v) is 4.10. The normalized spacial score (nSPS) is 19.3. The van der Waals surface area contributed by atoms with E-state index in [1.807, 2.05) is 0 Å². The summed E-state index contributed by atoms with van der Waals surface area (Å²) in [5.41, 5.74) is 0.922. The van der Waals surface area contributed by atoms with Crippen LogP contribution in [0.4, 0.5) is 5.69 Å². The van der Waals surface area contributed by atoms with Crippen molar-refractivity contribution >= 4 is 23.9 Å².